The second-order valence-electron chi connectivity index (χ2n) is 5.85. The largest absolute Gasteiger partial charge is 0.293 e. The number of nitriles is 1. The van der Waals surface area contributed by atoms with Crippen LogP contribution in [0.25, 0.3) is 0 Å². The molecule has 0 unspecified atom stereocenters. The van der Waals surface area contributed by atoms with Gasteiger partial charge in [0.15, 0.2) is 0 Å². The summed E-state index contributed by atoms with van der Waals surface area (Å²) in [6.07, 6.45) is 0.579. The Morgan fingerprint density at radius 1 is 1.44 bits per heavy atom. The Balaban J connectivity index is 2.70. The van der Waals surface area contributed by atoms with Crippen LogP contribution in [-0.2, 0) is 12.0 Å². The monoisotopic (exact) mass is 265 g/mol. The highest BCUT2D eigenvalue weighted by atomic mass is 32.1. The van der Waals surface area contributed by atoms with Gasteiger partial charge in [0.1, 0.15) is 5.01 Å². The second kappa shape index (κ2) is 6.31. The molecular formula is C14H23N3S. The van der Waals surface area contributed by atoms with E-state index in [1.165, 1.54) is 0 Å². The predicted molar refractivity (Wildman–Crippen MR) is 76.6 cm³/mol. The Kier molecular flexibility index (Phi) is 5.30. The van der Waals surface area contributed by atoms with E-state index in [-0.39, 0.29) is 5.41 Å². The van der Waals surface area contributed by atoms with E-state index in [2.05, 4.69) is 51.0 Å². The van der Waals surface area contributed by atoms with Crippen molar-refractivity contribution in [3.8, 4) is 6.07 Å². The molecule has 0 amide bonds. The molecule has 18 heavy (non-hydrogen) atoms. The zero-order chi connectivity index (χ0) is 13.8. The van der Waals surface area contributed by atoms with Crippen molar-refractivity contribution >= 4 is 11.3 Å². The average molecular weight is 265 g/mol. The minimum absolute atomic E-state index is 0.115. The molecule has 0 bridgehead atoms. The molecule has 1 aromatic rings. The van der Waals surface area contributed by atoms with Gasteiger partial charge in [0.2, 0.25) is 0 Å². The van der Waals surface area contributed by atoms with Crippen LogP contribution in [0.15, 0.2) is 5.38 Å². The van der Waals surface area contributed by atoms with Crippen LogP contribution in [0, 0.1) is 11.3 Å². The number of thiazole rings is 1. The number of rotatable bonds is 5. The Labute approximate surface area is 114 Å². The Bertz CT molecular complexity index is 409. The van der Waals surface area contributed by atoms with E-state index in [0.29, 0.717) is 12.5 Å². The molecule has 0 aliphatic rings. The van der Waals surface area contributed by atoms with E-state index in [0.717, 1.165) is 23.8 Å². The third-order valence-electron chi connectivity index (χ3n) is 2.90. The van der Waals surface area contributed by atoms with E-state index >= 15 is 0 Å². The molecule has 0 aromatic carbocycles. The highest BCUT2D eigenvalue weighted by Gasteiger charge is 2.19. The summed E-state index contributed by atoms with van der Waals surface area (Å²) in [6, 6.07) is 2.65. The topological polar surface area (TPSA) is 39.9 Å². The molecule has 0 atom stereocenters. The smallest absolute Gasteiger partial charge is 0.107 e. The van der Waals surface area contributed by atoms with Crippen molar-refractivity contribution in [3.63, 3.8) is 0 Å². The van der Waals surface area contributed by atoms with E-state index in [9.17, 15) is 0 Å². The van der Waals surface area contributed by atoms with Crippen molar-refractivity contribution in [3.05, 3.63) is 16.1 Å². The van der Waals surface area contributed by atoms with Crippen molar-refractivity contribution in [2.45, 2.75) is 59.0 Å². The molecule has 0 N–H and O–H groups in total. The van der Waals surface area contributed by atoms with Crippen LogP contribution in [0.2, 0.25) is 0 Å². The van der Waals surface area contributed by atoms with Gasteiger partial charge in [0, 0.05) is 29.8 Å². The molecule has 4 heteroatoms. The van der Waals surface area contributed by atoms with Gasteiger partial charge in [-0.15, -0.1) is 11.3 Å². The summed E-state index contributed by atoms with van der Waals surface area (Å²) in [4.78, 5) is 7.01. The Morgan fingerprint density at radius 2 is 2.11 bits per heavy atom. The summed E-state index contributed by atoms with van der Waals surface area (Å²) >= 11 is 1.72. The van der Waals surface area contributed by atoms with Crippen molar-refractivity contribution in [1.82, 2.24) is 9.88 Å². The zero-order valence-electron chi connectivity index (χ0n) is 12.0. The van der Waals surface area contributed by atoms with E-state index in [1.807, 2.05) is 0 Å². The fraction of sp³-hybridized carbons (Fsp3) is 0.714. The molecule has 100 valence electrons. The lowest BCUT2D eigenvalue weighted by Crippen LogP contribution is -2.31. The first kappa shape index (κ1) is 15.1. The maximum absolute atomic E-state index is 8.68. The van der Waals surface area contributed by atoms with Gasteiger partial charge in [-0.2, -0.15) is 5.26 Å². The van der Waals surface area contributed by atoms with Crippen molar-refractivity contribution in [2.24, 2.45) is 0 Å². The molecule has 0 radical (unpaired) electrons. The van der Waals surface area contributed by atoms with Gasteiger partial charge in [-0.05, 0) is 13.8 Å². The van der Waals surface area contributed by atoms with Crippen molar-refractivity contribution in [1.29, 1.82) is 5.26 Å². The fourth-order valence-corrected chi connectivity index (χ4v) is 2.66. The zero-order valence-corrected chi connectivity index (χ0v) is 12.8. The van der Waals surface area contributed by atoms with Crippen LogP contribution >= 0.6 is 11.3 Å². The van der Waals surface area contributed by atoms with Gasteiger partial charge in [-0.1, -0.05) is 20.8 Å². The summed E-state index contributed by atoms with van der Waals surface area (Å²) in [6.45, 7) is 12.5. The van der Waals surface area contributed by atoms with Crippen LogP contribution in [0.5, 0.6) is 0 Å². The molecule has 0 fully saturated rings. The molecule has 0 saturated carbocycles. The lowest BCUT2D eigenvalue weighted by atomic mass is 9.93. The summed E-state index contributed by atoms with van der Waals surface area (Å²) in [5, 5.41) is 12.0. The van der Waals surface area contributed by atoms with E-state index in [4.69, 9.17) is 10.2 Å². The van der Waals surface area contributed by atoms with Crippen LogP contribution in [0.1, 0.15) is 51.7 Å². The maximum atomic E-state index is 8.68. The molecule has 0 spiro atoms. The molecule has 1 heterocycles. The normalized spacial score (nSPS) is 12.1. The van der Waals surface area contributed by atoms with Crippen LogP contribution in [0.3, 0.4) is 0 Å². The molecule has 0 aliphatic heterocycles. The quantitative estimate of drug-likeness (QED) is 0.817. The number of hydrogen-bond acceptors (Lipinski definition) is 4. The van der Waals surface area contributed by atoms with Gasteiger partial charge in [0.25, 0.3) is 0 Å². The second-order valence-corrected chi connectivity index (χ2v) is 6.79. The van der Waals surface area contributed by atoms with Crippen LogP contribution < -0.4 is 0 Å². The number of hydrogen-bond donors (Lipinski definition) is 0. The highest BCUT2D eigenvalue weighted by molar-refractivity contribution is 7.09. The van der Waals surface area contributed by atoms with Gasteiger partial charge in [-0.3, -0.25) is 4.90 Å². The summed E-state index contributed by atoms with van der Waals surface area (Å²) in [7, 11) is 0. The summed E-state index contributed by atoms with van der Waals surface area (Å²) in [5.41, 5.74) is 1.27. The van der Waals surface area contributed by atoms with E-state index in [1.54, 1.807) is 11.3 Å². The van der Waals surface area contributed by atoms with Crippen LogP contribution in [0.4, 0.5) is 0 Å². The first-order valence-electron chi connectivity index (χ1n) is 6.40. The molecule has 0 aliphatic carbocycles. The lowest BCUT2D eigenvalue weighted by molar-refractivity contribution is 0.217. The molecule has 1 aromatic heterocycles. The molecule has 1 rings (SSSR count). The van der Waals surface area contributed by atoms with E-state index < -0.39 is 0 Å². The third-order valence-corrected chi connectivity index (χ3v) is 3.73. The van der Waals surface area contributed by atoms with Gasteiger partial charge >= 0.3 is 0 Å². The number of aromatic nitrogens is 1. The summed E-state index contributed by atoms with van der Waals surface area (Å²) < 4.78 is 0. The first-order chi connectivity index (χ1) is 8.34. The minimum Gasteiger partial charge on any atom is -0.293 e. The van der Waals surface area contributed by atoms with Gasteiger partial charge in [0.05, 0.1) is 18.3 Å². The molecular weight excluding hydrogens is 242 g/mol. The maximum Gasteiger partial charge on any atom is 0.107 e. The molecule has 3 nitrogen and oxygen atoms in total. The highest BCUT2D eigenvalue weighted by Crippen LogP contribution is 2.24. The Morgan fingerprint density at radius 3 is 2.56 bits per heavy atom. The van der Waals surface area contributed by atoms with Crippen molar-refractivity contribution in [2.75, 3.05) is 6.54 Å². The predicted octanol–water partition coefficient (Wildman–Crippen LogP) is 3.56. The minimum atomic E-state index is 0.115. The fourth-order valence-electron chi connectivity index (χ4n) is 1.62. The Hall–Kier alpha value is -0.920. The van der Waals surface area contributed by atoms with Gasteiger partial charge < -0.3 is 0 Å². The SMILES string of the molecule is CC(C)N(CCC#N)Cc1nc(C(C)(C)C)cs1. The van der Waals surface area contributed by atoms with Gasteiger partial charge in [-0.25, -0.2) is 4.98 Å². The molecule has 0 saturated heterocycles. The van der Waals surface area contributed by atoms with Crippen LogP contribution in [-0.4, -0.2) is 22.5 Å². The average Bonchev–Trinajstić information content (AvgIpc) is 2.71. The lowest BCUT2D eigenvalue weighted by Gasteiger charge is -2.24. The van der Waals surface area contributed by atoms with Crippen molar-refractivity contribution < 1.29 is 0 Å². The standard InChI is InChI=1S/C14H23N3S/c1-11(2)17(8-6-7-15)9-13-16-12(10-18-13)14(3,4)5/h10-11H,6,8-9H2,1-5H3. The third kappa shape index (κ3) is 4.40. The summed E-state index contributed by atoms with van der Waals surface area (Å²) in [5.74, 6) is 0. The number of nitrogens with zero attached hydrogens (tertiary/aromatic N) is 3. The first-order valence-corrected chi connectivity index (χ1v) is 7.28.